The second-order valence-corrected chi connectivity index (χ2v) is 7.97. The molecule has 1 unspecified atom stereocenters. The molecule has 0 aliphatic rings. The fraction of sp³-hybridized carbons (Fsp3) is 0.500. The molecule has 2 rings (SSSR count). The highest BCUT2D eigenvalue weighted by Gasteiger charge is 2.14. The quantitative estimate of drug-likeness (QED) is 0.329. The van der Waals surface area contributed by atoms with Gasteiger partial charge in [0.05, 0.1) is 17.6 Å². The van der Waals surface area contributed by atoms with Crippen LogP contribution in [0.25, 0.3) is 0 Å². The predicted octanol–water partition coefficient (Wildman–Crippen LogP) is 3.78. The van der Waals surface area contributed by atoms with Crippen molar-refractivity contribution in [3.05, 3.63) is 51.5 Å². The van der Waals surface area contributed by atoms with Gasteiger partial charge in [0.15, 0.2) is 5.96 Å². The van der Waals surface area contributed by atoms with Crippen LogP contribution in [0, 0.1) is 13.8 Å². The third-order valence-corrected chi connectivity index (χ3v) is 5.13. The van der Waals surface area contributed by atoms with Gasteiger partial charge in [-0.05, 0) is 40.4 Å². The summed E-state index contributed by atoms with van der Waals surface area (Å²) in [6, 6.07) is 8.97. The van der Waals surface area contributed by atoms with Crippen molar-refractivity contribution >= 4 is 41.3 Å². The minimum absolute atomic E-state index is 0. The smallest absolute Gasteiger partial charge is 0.191 e. The van der Waals surface area contributed by atoms with Crippen LogP contribution in [0.5, 0.6) is 0 Å². The third kappa shape index (κ3) is 8.15. The number of thiazole rings is 1. The van der Waals surface area contributed by atoms with E-state index in [0.717, 1.165) is 30.5 Å². The number of aromatic nitrogens is 1. The Labute approximate surface area is 184 Å². The first kappa shape index (κ1) is 23.8. The molecule has 0 spiro atoms. The molecule has 0 saturated carbocycles. The van der Waals surface area contributed by atoms with Crippen LogP contribution in [0.2, 0.25) is 0 Å². The van der Waals surface area contributed by atoms with Crippen molar-refractivity contribution < 1.29 is 0 Å². The van der Waals surface area contributed by atoms with Gasteiger partial charge >= 0.3 is 0 Å². The lowest BCUT2D eigenvalue weighted by Crippen LogP contribution is -2.39. The Hall–Kier alpha value is -1.19. The average molecular weight is 501 g/mol. The molecule has 0 fully saturated rings. The summed E-state index contributed by atoms with van der Waals surface area (Å²) in [5.41, 5.74) is 2.57. The Morgan fingerprint density at radius 3 is 2.44 bits per heavy atom. The minimum atomic E-state index is 0. The molecule has 1 aromatic carbocycles. The number of likely N-dealkylation sites (N-methyl/N-ethyl adjacent to an activating group) is 1. The molecule has 27 heavy (non-hydrogen) atoms. The van der Waals surface area contributed by atoms with Gasteiger partial charge in [0.2, 0.25) is 0 Å². The van der Waals surface area contributed by atoms with Crippen LogP contribution in [0.1, 0.15) is 34.0 Å². The van der Waals surface area contributed by atoms with E-state index in [2.05, 4.69) is 79.6 Å². The van der Waals surface area contributed by atoms with Crippen molar-refractivity contribution in [1.29, 1.82) is 0 Å². The number of hydrogen-bond donors (Lipinski definition) is 2. The van der Waals surface area contributed by atoms with E-state index in [-0.39, 0.29) is 30.0 Å². The van der Waals surface area contributed by atoms with E-state index in [4.69, 9.17) is 4.99 Å². The first-order valence-electron chi connectivity index (χ1n) is 9.16. The van der Waals surface area contributed by atoms with E-state index in [9.17, 15) is 0 Å². The molecule has 2 aromatic rings. The lowest BCUT2D eigenvalue weighted by atomic mass is 10.0. The SMILES string of the molecule is CCNC(=NCC(c1ccc(C)cc1)N(C)C)NCCc1ncc(C)s1.I. The molecular formula is C20H32IN5S. The number of nitrogens with one attached hydrogen (secondary N) is 2. The van der Waals surface area contributed by atoms with E-state index in [1.807, 2.05) is 6.20 Å². The highest BCUT2D eigenvalue weighted by molar-refractivity contribution is 14.0. The van der Waals surface area contributed by atoms with Crippen molar-refractivity contribution in [3.63, 3.8) is 0 Å². The summed E-state index contributed by atoms with van der Waals surface area (Å²) in [5.74, 6) is 0.861. The monoisotopic (exact) mass is 501 g/mol. The van der Waals surface area contributed by atoms with Crippen LogP contribution < -0.4 is 10.6 Å². The summed E-state index contributed by atoms with van der Waals surface area (Å²) in [5, 5.41) is 7.92. The Balaban J connectivity index is 0.00000364. The molecule has 1 heterocycles. The summed E-state index contributed by atoms with van der Waals surface area (Å²) < 4.78 is 0. The molecule has 0 amide bonds. The maximum absolute atomic E-state index is 4.81. The van der Waals surface area contributed by atoms with Crippen LogP contribution in [0.3, 0.4) is 0 Å². The first-order valence-corrected chi connectivity index (χ1v) is 9.97. The Bertz CT molecular complexity index is 697. The number of benzene rings is 1. The number of aliphatic imine (C=N–C) groups is 1. The average Bonchev–Trinajstić information content (AvgIpc) is 3.01. The van der Waals surface area contributed by atoms with Gasteiger partial charge in [-0.1, -0.05) is 29.8 Å². The molecule has 0 aliphatic heterocycles. The topological polar surface area (TPSA) is 52.6 Å². The van der Waals surface area contributed by atoms with E-state index in [0.29, 0.717) is 6.54 Å². The second-order valence-electron chi connectivity index (χ2n) is 6.65. The van der Waals surface area contributed by atoms with Gasteiger partial charge in [0, 0.05) is 30.6 Å². The van der Waals surface area contributed by atoms with Gasteiger partial charge in [-0.15, -0.1) is 35.3 Å². The number of hydrogen-bond acceptors (Lipinski definition) is 4. The fourth-order valence-electron chi connectivity index (χ4n) is 2.68. The second kappa shape index (κ2) is 12.3. The summed E-state index contributed by atoms with van der Waals surface area (Å²) in [6.45, 7) is 8.68. The van der Waals surface area contributed by atoms with Gasteiger partial charge in [0.1, 0.15) is 0 Å². The van der Waals surface area contributed by atoms with Crippen LogP contribution in [0.4, 0.5) is 0 Å². The number of nitrogens with zero attached hydrogens (tertiary/aromatic N) is 3. The maximum Gasteiger partial charge on any atom is 0.191 e. The fourth-order valence-corrected chi connectivity index (χ4v) is 3.47. The zero-order valence-electron chi connectivity index (χ0n) is 17.0. The summed E-state index contributed by atoms with van der Waals surface area (Å²) in [7, 11) is 4.20. The molecule has 0 radical (unpaired) electrons. The van der Waals surface area contributed by atoms with Crippen LogP contribution in [-0.4, -0.2) is 49.6 Å². The minimum Gasteiger partial charge on any atom is -0.357 e. The summed E-state index contributed by atoms with van der Waals surface area (Å²) >= 11 is 1.76. The standard InChI is InChI=1S/C20H31N5S.HI/c1-6-21-20(22-12-11-19-23-13-16(3)26-19)24-14-18(25(4)5)17-9-7-15(2)8-10-17;/h7-10,13,18H,6,11-12,14H2,1-5H3,(H2,21,22,24);1H. The zero-order chi connectivity index (χ0) is 18.9. The molecular weight excluding hydrogens is 469 g/mol. The van der Waals surface area contributed by atoms with Crippen molar-refractivity contribution in [1.82, 2.24) is 20.5 Å². The largest absolute Gasteiger partial charge is 0.357 e. The number of rotatable bonds is 8. The number of halogens is 1. The van der Waals surface area contributed by atoms with Gasteiger partial charge < -0.3 is 15.5 Å². The Kier molecular flexibility index (Phi) is 10.9. The van der Waals surface area contributed by atoms with E-state index in [1.165, 1.54) is 16.0 Å². The summed E-state index contributed by atoms with van der Waals surface area (Å²) in [4.78, 5) is 12.7. The van der Waals surface area contributed by atoms with Crippen molar-refractivity contribution in [2.24, 2.45) is 4.99 Å². The summed E-state index contributed by atoms with van der Waals surface area (Å²) in [6.07, 6.45) is 2.85. The molecule has 0 aliphatic carbocycles. The van der Waals surface area contributed by atoms with Gasteiger partial charge in [-0.2, -0.15) is 0 Å². The molecule has 2 N–H and O–H groups in total. The highest BCUT2D eigenvalue weighted by atomic mass is 127. The predicted molar refractivity (Wildman–Crippen MR) is 128 cm³/mol. The van der Waals surface area contributed by atoms with Crippen LogP contribution >= 0.6 is 35.3 Å². The number of aryl methyl sites for hydroxylation is 2. The van der Waals surface area contributed by atoms with Gasteiger partial charge in [0.25, 0.3) is 0 Å². The Morgan fingerprint density at radius 1 is 1.19 bits per heavy atom. The molecule has 1 aromatic heterocycles. The Morgan fingerprint density at radius 2 is 1.89 bits per heavy atom. The molecule has 150 valence electrons. The molecule has 7 heteroatoms. The van der Waals surface area contributed by atoms with Gasteiger partial charge in [-0.25, -0.2) is 4.98 Å². The van der Waals surface area contributed by atoms with E-state index in [1.54, 1.807) is 11.3 Å². The molecule has 0 bridgehead atoms. The van der Waals surface area contributed by atoms with E-state index >= 15 is 0 Å². The van der Waals surface area contributed by atoms with Crippen LogP contribution in [-0.2, 0) is 6.42 Å². The van der Waals surface area contributed by atoms with Crippen molar-refractivity contribution in [3.8, 4) is 0 Å². The number of guanidine groups is 1. The van der Waals surface area contributed by atoms with E-state index < -0.39 is 0 Å². The van der Waals surface area contributed by atoms with Crippen molar-refractivity contribution in [2.45, 2.75) is 33.2 Å². The lowest BCUT2D eigenvalue weighted by molar-refractivity contribution is 0.306. The zero-order valence-corrected chi connectivity index (χ0v) is 20.1. The maximum atomic E-state index is 4.81. The molecule has 0 saturated heterocycles. The first-order chi connectivity index (χ1) is 12.5. The van der Waals surface area contributed by atoms with Gasteiger partial charge in [-0.3, -0.25) is 4.99 Å². The lowest BCUT2D eigenvalue weighted by Gasteiger charge is -2.24. The van der Waals surface area contributed by atoms with Crippen LogP contribution in [0.15, 0.2) is 35.5 Å². The normalized spacial score (nSPS) is 12.6. The third-order valence-electron chi connectivity index (χ3n) is 4.15. The molecule has 5 nitrogen and oxygen atoms in total. The molecule has 1 atom stereocenters. The highest BCUT2D eigenvalue weighted by Crippen LogP contribution is 2.19. The van der Waals surface area contributed by atoms with Crippen molar-refractivity contribution in [2.75, 3.05) is 33.7 Å².